The zero-order valence-electron chi connectivity index (χ0n) is 23.8. The number of fused-ring (bicyclic) bond motifs is 5. The molecule has 0 saturated heterocycles. The molecular formula is C34H56O3. The van der Waals surface area contributed by atoms with E-state index < -0.39 is 0 Å². The molecule has 0 aliphatic heterocycles. The molecule has 6 atom stereocenters. The van der Waals surface area contributed by atoms with Crippen LogP contribution < -0.4 is 0 Å². The van der Waals surface area contributed by atoms with E-state index in [-0.39, 0.29) is 11.5 Å². The first kappa shape index (κ1) is 28.9. The Kier molecular flexibility index (Phi) is 11.2. The molecule has 4 rings (SSSR count). The standard InChI is InChI=1S/C34H56O3/c1-34-22-21-30-29-18-17-28(36)25-27(29)24-26(33(30)31(34)19-20-32(34)37)16-14-12-10-8-6-4-2-3-5-7-9-11-13-15-23-35/h17-18,25-26,30-33,35-37H,2-16,19-24H2,1H3/t26-,30?,31?,32+,33?,34+/m1/s1. The minimum absolute atomic E-state index is 0.114. The SMILES string of the molecule is C[C@]12CCC3c4ccc(O)cc4C[C@@H](CCCCCCCCCCCCCCCCO)C3C1CC[C@@H]2O. The van der Waals surface area contributed by atoms with Gasteiger partial charge >= 0.3 is 0 Å². The van der Waals surface area contributed by atoms with Crippen molar-refractivity contribution in [1.82, 2.24) is 0 Å². The van der Waals surface area contributed by atoms with Crippen LogP contribution in [0.4, 0.5) is 0 Å². The van der Waals surface area contributed by atoms with E-state index in [0.29, 0.717) is 36.0 Å². The summed E-state index contributed by atoms with van der Waals surface area (Å²) in [5.41, 5.74) is 3.02. The van der Waals surface area contributed by atoms with Gasteiger partial charge in [0.2, 0.25) is 0 Å². The number of unbranched alkanes of at least 4 members (excludes halogenated alkanes) is 13. The van der Waals surface area contributed by atoms with E-state index in [1.54, 1.807) is 0 Å². The maximum Gasteiger partial charge on any atom is 0.115 e. The number of aliphatic hydroxyl groups is 2. The third kappa shape index (κ3) is 7.33. The van der Waals surface area contributed by atoms with E-state index >= 15 is 0 Å². The van der Waals surface area contributed by atoms with E-state index in [4.69, 9.17) is 5.11 Å². The highest BCUT2D eigenvalue weighted by atomic mass is 16.3. The lowest BCUT2D eigenvalue weighted by Crippen LogP contribution is -2.47. The van der Waals surface area contributed by atoms with Crippen LogP contribution in [0.25, 0.3) is 0 Å². The molecule has 3 N–H and O–H groups in total. The van der Waals surface area contributed by atoms with Gasteiger partial charge < -0.3 is 15.3 Å². The summed E-state index contributed by atoms with van der Waals surface area (Å²) < 4.78 is 0. The van der Waals surface area contributed by atoms with Crippen molar-refractivity contribution in [3.63, 3.8) is 0 Å². The molecule has 3 nitrogen and oxygen atoms in total. The zero-order chi connectivity index (χ0) is 26.1. The van der Waals surface area contributed by atoms with Gasteiger partial charge in [0, 0.05) is 6.61 Å². The third-order valence-electron chi connectivity index (χ3n) is 10.8. The molecule has 37 heavy (non-hydrogen) atoms. The number of aliphatic hydroxyl groups excluding tert-OH is 2. The molecule has 3 unspecified atom stereocenters. The number of benzene rings is 1. The van der Waals surface area contributed by atoms with Gasteiger partial charge in [-0.25, -0.2) is 0 Å². The summed E-state index contributed by atoms with van der Waals surface area (Å²) in [6.07, 6.45) is 25.5. The first-order valence-electron chi connectivity index (χ1n) is 16.2. The maximum absolute atomic E-state index is 10.9. The van der Waals surface area contributed by atoms with Crippen LogP contribution in [-0.2, 0) is 6.42 Å². The molecule has 2 fully saturated rings. The number of hydrogen-bond donors (Lipinski definition) is 3. The lowest BCUT2D eigenvalue weighted by atomic mass is 9.52. The molecule has 0 aromatic heterocycles. The summed E-state index contributed by atoms with van der Waals surface area (Å²) in [5.74, 6) is 3.12. The summed E-state index contributed by atoms with van der Waals surface area (Å²) >= 11 is 0. The van der Waals surface area contributed by atoms with E-state index in [1.165, 1.54) is 114 Å². The third-order valence-corrected chi connectivity index (χ3v) is 10.8. The fourth-order valence-electron chi connectivity index (χ4n) is 8.67. The van der Waals surface area contributed by atoms with Gasteiger partial charge in [-0.2, -0.15) is 0 Å². The molecule has 0 radical (unpaired) electrons. The normalized spacial score (nSPS) is 30.6. The van der Waals surface area contributed by atoms with E-state index in [9.17, 15) is 10.2 Å². The van der Waals surface area contributed by atoms with Crippen LogP contribution in [0.15, 0.2) is 18.2 Å². The lowest BCUT2D eigenvalue weighted by Gasteiger charge is -2.53. The highest BCUT2D eigenvalue weighted by Gasteiger charge is 2.56. The Hall–Kier alpha value is -1.06. The second-order valence-electron chi connectivity index (χ2n) is 13.2. The fourth-order valence-corrected chi connectivity index (χ4v) is 8.67. The summed E-state index contributed by atoms with van der Waals surface area (Å²) in [5, 5.41) is 29.9. The molecule has 3 aliphatic carbocycles. The van der Waals surface area contributed by atoms with Gasteiger partial charge in [0.25, 0.3) is 0 Å². The van der Waals surface area contributed by atoms with Gasteiger partial charge in [0.05, 0.1) is 6.10 Å². The smallest absolute Gasteiger partial charge is 0.115 e. The van der Waals surface area contributed by atoms with Crippen LogP contribution in [-0.4, -0.2) is 28.0 Å². The van der Waals surface area contributed by atoms with Crippen molar-refractivity contribution < 1.29 is 15.3 Å². The number of hydrogen-bond acceptors (Lipinski definition) is 3. The Morgan fingerprint density at radius 2 is 1.38 bits per heavy atom. The predicted molar refractivity (Wildman–Crippen MR) is 154 cm³/mol. The Balaban J connectivity index is 1.16. The van der Waals surface area contributed by atoms with Crippen LogP contribution in [0.5, 0.6) is 5.75 Å². The molecule has 0 spiro atoms. The van der Waals surface area contributed by atoms with Crippen molar-refractivity contribution in [1.29, 1.82) is 0 Å². The number of phenols is 1. The number of phenolic OH excluding ortho intramolecular Hbond substituents is 1. The van der Waals surface area contributed by atoms with Crippen LogP contribution in [0, 0.1) is 23.2 Å². The van der Waals surface area contributed by atoms with E-state index in [0.717, 1.165) is 25.7 Å². The Labute approximate surface area is 227 Å². The summed E-state index contributed by atoms with van der Waals surface area (Å²) in [4.78, 5) is 0. The molecule has 3 heteroatoms. The average Bonchev–Trinajstić information content (AvgIpc) is 3.20. The molecule has 1 aromatic carbocycles. The summed E-state index contributed by atoms with van der Waals surface area (Å²) in [6, 6.07) is 6.16. The van der Waals surface area contributed by atoms with E-state index in [1.807, 2.05) is 12.1 Å². The number of aromatic hydroxyl groups is 1. The van der Waals surface area contributed by atoms with Crippen molar-refractivity contribution >= 4 is 0 Å². The molecule has 0 bridgehead atoms. The highest BCUT2D eigenvalue weighted by molar-refractivity contribution is 5.40. The lowest BCUT2D eigenvalue weighted by molar-refractivity contribution is -0.0396. The molecule has 1 aromatic rings. The van der Waals surface area contributed by atoms with Crippen molar-refractivity contribution in [2.24, 2.45) is 23.2 Å². The number of rotatable bonds is 16. The second kappa shape index (κ2) is 14.4. The molecule has 3 aliphatic rings. The topological polar surface area (TPSA) is 60.7 Å². The van der Waals surface area contributed by atoms with Crippen molar-refractivity contribution in [2.75, 3.05) is 6.61 Å². The Morgan fingerprint density at radius 3 is 2.00 bits per heavy atom. The molecule has 2 saturated carbocycles. The predicted octanol–water partition coefficient (Wildman–Crippen LogP) is 8.68. The molecular weight excluding hydrogens is 456 g/mol. The van der Waals surface area contributed by atoms with Gasteiger partial charge in [-0.15, -0.1) is 0 Å². The van der Waals surface area contributed by atoms with Crippen LogP contribution in [0.1, 0.15) is 146 Å². The summed E-state index contributed by atoms with van der Waals surface area (Å²) in [7, 11) is 0. The van der Waals surface area contributed by atoms with Gasteiger partial charge in [-0.1, -0.05) is 96.5 Å². The summed E-state index contributed by atoms with van der Waals surface area (Å²) in [6.45, 7) is 2.74. The van der Waals surface area contributed by atoms with Crippen LogP contribution in [0.2, 0.25) is 0 Å². The van der Waals surface area contributed by atoms with Gasteiger partial charge in [0.15, 0.2) is 0 Å². The monoisotopic (exact) mass is 512 g/mol. The molecule has 0 heterocycles. The first-order chi connectivity index (χ1) is 18.0. The van der Waals surface area contributed by atoms with Crippen molar-refractivity contribution in [2.45, 2.75) is 147 Å². The van der Waals surface area contributed by atoms with Crippen LogP contribution in [0.3, 0.4) is 0 Å². The highest BCUT2D eigenvalue weighted by Crippen LogP contribution is 2.62. The zero-order valence-corrected chi connectivity index (χ0v) is 23.8. The minimum Gasteiger partial charge on any atom is -0.508 e. The van der Waals surface area contributed by atoms with Gasteiger partial charge in [-0.3, -0.25) is 0 Å². The second-order valence-corrected chi connectivity index (χ2v) is 13.2. The Bertz CT molecular complexity index is 806. The fraction of sp³-hybridized carbons (Fsp3) is 0.824. The maximum atomic E-state index is 10.9. The Morgan fingerprint density at radius 1 is 0.784 bits per heavy atom. The van der Waals surface area contributed by atoms with Gasteiger partial charge in [0.1, 0.15) is 5.75 Å². The van der Waals surface area contributed by atoms with Gasteiger partial charge in [-0.05, 0) is 97.3 Å². The molecule has 0 amide bonds. The average molecular weight is 513 g/mol. The van der Waals surface area contributed by atoms with E-state index in [2.05, 4.69) is 13.0 Å². The quantitative estimate of drug-likeness (QED) is 0.194. The van der Waals surface area contributed by atoms with Crippen LogP contribution >= 0.6 is 0 Å². The van der Waals surface area contributed by atoms with Crippen molar-refractivity contribution in [3.8, 4) is 5.75 Å². The van der Waals surface area contributed by atoms with Crippen molar-refractivity contribution in [3.05, 3.63) is 29.3 Å². The molecule has 210 valence electrons. The largest absolute Gasteiger partial charge is 0.508 e. The first-order valence-corrected chi connectivity index (χ1v) is 16.2. The minimum atomic E-state index is -0.114.